The first-order valence-electron chi connectivity index (χ1n) is 8.90. The van der Waals surface area contributed by atoms with E-state index < -0.39 is 11.9 Å². The Balaban J connectivity index is 1.49. The van der Waals surface area contributed by atoms with Crippen LogP contribution in [0.25, 0.3) is 11.4 Å². The maximum atomic E-state index is 12.3. The number of rotatable bonds is 4. The number of carbonyl (C=O) groups excluding carboxylic acids is 3. The molecule has 0 saturated carbocycles. The number of hydrogen-bond acceptors (Lipinski definition) is 5. The van der Waals surface area contributed by atoms with Crippen LogP contribution >= 0.6 is 0 Å². The van der Waals surface area contributed by atoms with Gasteiger partial charge in [-0.3, -0.25) is 14.5 Å². The summed E-state index contributed by atoms with van der Waals surface area (Å²) in [5.74, 6) is -0.0962. The van der Waals surface area contributed by atoms with Crippen LogP contribution in [0.3, 0.4) is 0 Å². The normalized spacial score (nSPS) is 18.8. The van der Waals surface area contributed by atoms with Crippen LogP contribution in [0.2, 0.25) is 0 Å². The number of urea groups is 1. The molecule has 1 aromatic heterocycles. The zero-order valence-electron chi connectivity index (χ0n) is 14.6. The van der Waals surface area contributed by atoms with Crippen LogP contribution in [0.15, 0.2) is 36.5 Å². The van der Waals surface area contributed by atoms with Gasteiger partial charge in [-0.25, -0.2) is 14.8 Å². The molecule has 2 heterocycles. The Bertz CT molecular complexity index is 883. The minimum absolute atomic E-state index is 0.0610. The Morgan fingerprint density at radius 3 is 2.81 bits per heavy atom. The van der Waals surface area contributed by atoms with E-state index in [1.165, 1.54) is 0 Å². The van der Waals surface area contributed by atoms with Crippen molar-refractivity contribution in [2.24, 2.45) is 0 Å². The van der Waals surface area contributed by atoms with Gasteiger partial charge in [-0.1, -0.05) is 30.3 Å². The van der Waals surface area contributed by atoms with Gasteiger partial charge in [-0.2, -0.15) is 0 Å². The van der Waals surface area contributed by atoms with Gasteiger partial charge in [0.1, 0.15) is 6.54 Å². The average Bonchev–Trinajstić information content (AvgIpc) is 3.00. The fourth-order valence-corrected chi connectivity index (χ4v) is 3.42. The molecule has 2 aromatic rings. The molecule has 8 nitrogen and oxygen atoms in total. The molecule has 1 aromatic carbocycles. The summed E-state index contributed by atoms with van der Waals surface area (Å²) in [5.41, 5.74) is 2.77. The van der Waals surface area contributed by atoms with Crippen molar-refractivity contribution < 1.29 is 14.4 Å². The number of benzene rings is 1. The van der Waals surface area contributed by atoms with Crippen LogP contribution in [-0.2, 0) is 16.0 Å². The lowest BCUT2D eigenvalue weighted by molar-refractivity contribution is -0.131. The summed E-state index contributed by atoms with van der Waals surface area (Å²) in [6, 6.07) is 9.00. The van der Waals surface area contributed by atoms with E-state index in [0.29, 0.717) is 5.82 Å². The Kier molecular flexibility index (Phi) is 4.53. The molecule has 27 heavy (non-hydrogen) atoms. The lowest BCUT2D eigenvalue weighted by Gasteiger charge is -2.26. The Labute approximate surface area is 156 Å². The van der Waals surface area contributed by atoms with Gasteiger partial charge in [0.15, 0.2) is 5.82 Å². The van der Waals surface area contributed by atoms with E-state index in [0.717, 1.165) is 41.0 Å². The van der Waals surface area contributed by atoms with Crippen molar-refractivity contribution in [1.82, 2.24) is 25.5 Å². The number of nitrogens with zero attached hydrogens (tertiary/aromatic N) is 3. The minimum atomic E-state index is -0.532. The number of nitrogens with one attached hydrogen (secondary N) is 2. The summed E-state index contributed by atoms with van der Waals surface area (Å²) in [4.78, 5) is 45.6. The van der Waals surface area contributed by atoms with E-state index in [-0.39, 0.29) is 25.0 Å². The van der Waals surface area contributed by atoms with E-state index in [2.05, 4.69) is 20.6 Å². The molecule has 1 fully saturated rings. The molecule has 8 heteroatoms. The number of hydrogen-bond donors (Lipinski definition) is 2. The third kappa shape index (κ3) is 3.51. The quantitative estimate of drug-likeness (QED) is 0.792. The third-order valence-corrected chi connectivity index (χ3v) is 4.79. The van der Waals surface area contributed by atoms with Crippen LogP contribution in [0.1, 0.15) is 30.1 Å². The van der Waals surface area contributed by atoms with E-state index in [1.807, 2.05) is 30.3 Å². The summed E-state index contributed by atoms with van der Waals surface area (Å²) in [6.45, 7) is -0.339. The summed E-state index contributed by atoms with van der Waals surface area (Å²) in [6.07, 6.45) is 4.26. The molecule has 0 spiro atoms. The molecule has 1 atom stereocenters. The largest absolute Gasteiger partial charge is 0.348 e. The lowest BCUT2D eigenvalue weighted by Crippen LogP contribution is -2.42. The van der Waals surface area contributed by atoms with Crippen molar-refractivity contribution in [1.29, 1.82) is 0 Å². The number of fused-ring (bicyclic) bond motifs is 1. The molecule has 1 aliphatic carbocycles. The van der Waals surface area contributed by atoms with Gasteiger partial charge in [0.05, 0.1) is 12.6 Å². The highest BCUT2D eigenvalue weighted by molar-refractivity contribution is 6.04. The van der Waals surface area contributed by atoms with Crippen LogP contribution in [0.4, 0.5) is 4.79 Å². The Hall–Kier alpha value is -3.29. The number of carbonyl (C=O) groups is 3. The van der Waals surface area contributed by atoms with Gasteiger partial charge in [-0.05, 0) is 19.3 Å². The first-order chi connectivity index (χ1) is 13.1. The SMILES string of the molecule is O=C(CN1C(=O)CNC1=O)N[C@H]1CCCc2nc(-c3ccccc3)ncc21. The monoisotopic (exact) mass is 365 g/mol. The highest BCUT2D eigenvalue weighted by Gasteiger charge is 2.31. The van der Waals surface area contributed by atoms with Crippen molar-refractivity contribution in [3.05, 3.63) is 47.8 Å². The summed E-state index contributed by atoms with van der Waals surface area (Å²) in [5, 5.41) is 5.31. The maximum absolute atomic E-state index is 12.3. The molecule has 138 valence electrons. The molecule has 0 bridgehead atoms. The Morgan fingerprint density at radius 1 is 1.26 bits per heavy atom. The van der Waals surface area contributed by atoms with Crippen molar-refractivity contribution in [3.63, 3.8) is 0 Å². The van der Waals surface area contributed by atoms with Gasteiger partial charge in [0, 0.05) is 23.0 Å². The van der Waals surface area contributed by atoms with Gasteiger partial charge >= 0.3 is 6.03 Å². The molecule has 2 N–H and O–H groups in total. The molecule has 4 rings (SSSR count). The van der Waals surface area contributed by atoms with E-state index in [4.69, 9.17) is 0 Å². The van der Waals surface area contributed by atoms with Crippen LogP contribution < -0.4 is 10.6 Å². The number of aromatic nitrogens is 2. The predicted molar refractivity (Wildman–Crippen MR) is 96.4 cm³/mol. The molecule has 2 aliphatic rings. The second kappa shape index (κ2) is 7.14. The molecular formula is C19H19N5O3. The first kappa shape index (κ1) is 17.1. The van der Waals surface area contributed by atoms with Crippen LogP contribution in [0.5, 0.6) is 0 Å². The van der Waals surface area contributed by atoms with Crippen molar-refractivity contribution in [3.8, 4) is 11.4 Å². The molecule has 0 radical (unpaired) electrons. The minimum Gasteiger partial charge on any atom is -0.348 e. The van der Waals surface area contributed by atoms with Gasteiger partial charge in [0.2, 0.25) is 5.91 Å². The molecule has 1 saturated heterocycles. The van der Waals surface area contributed by atoms with Gasteiger partial charge < -0.3 is 10.6 Å². The van der Waals surface area contributed by atoms with E-state index in [1.54, 1.807) is 6.20 Å². The van der Waals surface area contributed by atoms with Gasteiger partial charge in [-0.15, -0.1) is 0 Å². The molecule has 1 aliphatic heterocycles. The summed E-state index contributed by atoms with van der Waals surface area (Å²) in [7, 11) is 0. The van der Waals surface area contributed by atoms with Crippen LogP contribution in [0, 0.1) is 0 Å². The van der Waals surface area contributed by atoms with Crippen LogP contribution in [-0.4, -0.2) is 45.8 Å². The Morgan fingerprint density at radius 2 is 2.07 bits per heavy atom. The molecule has 0 unspecified atom stereocenters. The molecular weight excluding hydrogens is 346 g/mol. The average molecular weight is 365 g/mol. The zero-order chi connectivity index (χ0) is 18.8. The second-order valence-electron chi connectivity index (χ2n) is 6.61. The zero-order valence-corrected chi connectivity index (χ0v) is 14.6. The maximum Gasteiger partial charge on any atom is 0.325 e. The smallest absolute Gasteiger partial charge is 0.325 e. The fourth-order valence-electron chi connectivity index (χ4n) is 3.42. The number of amides is 4. The van der Waals surface area contributed by atoms with E-state index >= 15 is 0 Å². The standard InChI is InChI=1S/C19H19N5O3/c25-16(11-24-17(26)10-21-19(24)27)22-14-7-4-8-15-13(14)9-20-18(23-15)12-5-2-1-3-6-12/h1-3,5-6,9,14H,4,7-8,10-11H2,(H,21,27)(H,22,25)/t14-/m0/s1. The fraction of sp³-hybridized carbons (Fsp3) is 0.316. The highest BCUT2D eigenvalue weighted by Crippen LogP contribution is 2.29. The van der Waals surface area contributed by atoms with Crippen molar-refractivity contribution in [2.45, 2.75) is 25.3 Å². The summed E-state index contributed by atoms with van der Waals surface area (Å²) >= 11 is 0. The lowest BCUT2D eigenvalue weighted by atomic mass is 9.92. The summed E-state index contributed by atoms with van der Waals surface area (Å²) < 4.78 is 0. The van der Waals surface area contributed by atoms with Gasteiger partial charge in [0.25, 0.3) is 5.91 Å². The highest BCUT2D eigenvalue weighted by atomic mass is 16.2. The van der Waals surface area contributed by atoms with Crippen molar-refractivity contribution >= 4 is 17.8 Å². The van der Waals surface area contributed by atoms with E-state index in [9.17, 15) is 14.4 Å². The second-order valence-corrected chi connectivity index (χ2v) is 6.61. The molecule has 4 amide bonds. The predicted octanol–water partition coefficient (Wildman–Crippen LogP) is 1.19. The first-order valence-corrected chi connectivity index (χ1v) is 8.90. The topological polar surface area (TPSA) is 104 Å². The number of imide groups is 1. The number of aryl methyl sites for hydroxylation is 1. The van der Waals surface area contributed by atoms with Crippen molar-refractivity contribution in [2.75, 3.05) is 13.1 Å². The third-order valence-electron chi connectivity index (χ3n) is 4.79.